The van der Waals surface area contributed by atoms with Gasteiger partial charge in [-0.1, -0.05) is 6.92 Å². The summed E-state index contributed by atoms with van der Waals surface area (Å²) in [5.74, 6) is 0. The van der Waals surface area contributed by atoms with Gasteiger partial charge in [0.15, 0.2) is 0 Å². The lowest BCUT2D eigenvalue weighted by Crippen LogP contribution is -2.49. The molecule has 0 fully saturated rings. The van der Waals surface area contributed by atoms with Gasteiger partial charge in [-0.15, -0.1) is 0 Å². The number of hydrogen-bond acceptors (Lipinski definition) is 3. The molecule has 11 heavy (non-hydrogen) atoms. The molecule has 0 aliphatic rings. The molecule has 0 saturated carbocycles. The fourth-order valence-corrected chi connectivity index (χ4v) is 0.729. The summed E-state index contributed by atoms with van der Waals surface area (Å²) in [6.45, 7) is 6.51. The van der Waals surface area contributed by atoms with Crippen molar-refractivity contribution in [2.45, 2.75) is 26.8 Å². The van der Waals surface area contributed by atoms with E-state index in [1.807, 2.05) is 20.8 Å². The highest BCUT2D eigenvalue weighted by Crippen LogP contribution is 1.91. The predicted molar refractivity (Wildman–Crippen MR) is 41.0 cm³/mol. The molecular weight excluding hydrogens is 146 g/mol. The van der Waals surface area contributed by atoms with Gasteiger partial charge >= 0.3 is 6.03 Å². The third-order valence-electron chi connectivity index (χ3n) is 1.31. The number of hydrogen-bond donors (Lipinski definition) is 3. The van der Waals surface area contributed by atoms with E-state index in [0.717, 1.165) is 0 Å². The number of nitrogens with zero attached hydrogens (tertiary/aromatic N) is 1. The fourth-order valence-electron chi connectivity index (χ4n) is 0.729. The lowest BCUT2D eigenvalue weighted by atomic mass is 10.4. The Morgan fingerprint density at radius 2 is 2.18 bits per heavy atom. The summed E-state index contributed by atoms with van der Waals surface area (Å²) < 4.78 is 0. The van der Waals surface area contributed by atoms with Crippen molar-refractivity contribution in [2.75, 3.05) is 6.54 Å². The minimum Gasteiger partial charge on any atom is -0.287 e. The van der Waals surface area contributed by atoms with E-state index in [4.69, 9.17) is 5.21 Å². The molecule has 5 heteroatoms. The minimum absolute atomic E-state index is 0.220. The minimum atomic E-state index is -0.611. The van der Waals surface area contributed by atoms with E-state index in [1.54, 1.807) is 5.01 Å². The number of urea groups is 1. The molecule has 66 valence electrons. The van der Waals surface area contributed by atoms with Gasteiger partial charge in [0, 0.05) is 12.6 Å². The number of hydroxylamine groups is 1. The first-order chi connectivity index (χ1) is 5.11. The van der Waals surface area contributed by atoms with Crippen LogP contribution in [0.2, 0.25) is 0 Å². The molecule has 0 rings (SSSR count). The van der Waals surface area contributed by atoms with Crippen LogP contribution in [-0.4, -0.2) is 28.8 Å². The van der Waals surface area contributed by atoms with Crippen LogP contribution >= 0.6 is 0 Å². The summed E-state index contributed by atoms with van der Waals surface area (Å²) in [5.41, 5.74) is 3.94. The van der Waals surface area contributed by atoms with E-state index in [-0.39, 0.29) is 6.04 Å². The fraction of sp³-hybridized carbons (Fsp3) is 0.833. The SMILES string of the molecule is CCN(NC(=O)NO)C(C)C. The van der Waals surface area contributed by atoms with Crippen molar-refractivity contribution >= 4 is 6.03 Å². The molecule has 0 atom stereocenters. The summed E-state index contributed by atoms with van der Waals surface area (Å²) in [7, 11) is 0. The van der Waals surface area contributed by atoms with Gasteiger partial charge in [0.25, 0.3) is 0 Å². The van der Waals surface area contributed by atoms with Crippen LogP contribution in [0, 0.1) is 0 Å². The molecule has 0 saturated heterocycles. The third-order valence-corrected chi connectivity index (χ3v) is 1.31. The second kappa shape index (κ2) is 4.92. The van der Waals surface area contributed by atoms with Crippen LogP contribution < -0.4 is 10.9 Å². The molecule has 5 nitrogen and oxygen atoms in total. The van der Waals surface area contributed by atoms with E-state index in [2.05, 4.69) is 5.43 Å². The maximum atomic E-state index is 10.6. The van der Waals surface area contributed by atoms with Gasteiger partial charge in [-0.05, 0) is 13.8 Å². The van der Waals surface area contributed by atoms with E-state index >= 15 is 0 Å². The van der Waals surface area contributed by atoms with Crippen LogP contribution in [0.25, 0.3) is 0 Å². The molecule has 0 aliphatic carbocycles. The van der Waals surface area contributed by atoms with E-state index in [9.17, 15) is 4.79 Å². The van der Waals surface area contributed by atoms with E-state index in [0.29, 0.717) is 6.54 Å². The van der Waals surface area contributed by atoms with Crippen molar-refractivity contribution in [2.24, 2.45) is 0 Å². The van der Waals surface area contributed by atoms with Crippen molar-refractivity contribution in [3.8, 4) is 0 Å². The van der Waals surface area contributed by atoms with Crippen molar-refractivity contribution in [1.29, 1.82) is 0 Å². The summed E-state index contributed by atoms with van der Waals surface area (Å²) in [6.07, 6.45) is 0. The molecule has 0 aliphatic heterocycles. The Bertz CT molecular complexity index is 127. The summed E-state index contributed by atoms with van der Waals surface area (Å²) in [5, 5.41) is 9.87. The Kier molecular flexibility index (Phi) is 4.56. The maximum absolute atomic E-state index is 10.6. The molecule has 2 amide bonds. The average molecular weight is 161 g/mol. The first-order valence-corrected chi connectivity index (χ1v) is 3.59. The lowest BCUT2D eigenvalue weighted by Gasteiger charge is -2.24. The van der Waals surface area contributed by atoms with Gasteiger partial charge < -0.3 is 0 Å². The van der Waals surface area contributed by atoms with Gasteiger partial charge in [-0.25, -0.2) is 15.3 Å². The number of hydrazine groups is 1. The van der Waals surface area contributed by atoms with Crippen LogP contribution in [0.3, 0.4) is 0 Å². The third kappa shape index (κ3) is 3.79. The molecule has 0 aromatic heterocycles. The molecule has 0 radical (unpaired) electrons. The zero-order valence-electron chi connectivity index (χ0n) is 7.09. The molecule has 0 aromatic rings. The molecular formula is C6H15N3O2. The smallest absolute Gasteiger partial charge is 0.287 e. The largest absolute Gasteiger partial charge is 0.353 e. The topological polar surface area (TPSA) is 64.6 Å². The van der Waals surface area contributed by atoms with Crippen LogP contribution in [-0.2, 0) is 0 Å². The summed E-state index contributed by atoms with van der Waals surface area (Å²) in [6, 6.07) is -0.391. The Balaban J connectivity index is 3.78. The molecule has 0 spiro atoms. The van der Waals surface area contributed by atoms with Crippen LogP contribution in [0.1, 0.15) is 20.8 Å². The van der Waals surface area contributed by atoms with Gasteiger partial charge in [0.2, 0.25) is 0 Å². The van der Waals surface area contributed by atoms with Crippen molar-refractivity contribution in [3.05, 3.63) is 0 Å². The number of carbonyl (C=O) groups excluding carboxylic acids is 1. The standard InChI is InChI=1S/C6H15N3O2/c1-4-9(5(2)3)7-6(10)8-11/h5,11H,4H2,1-3H3,(H2,7,8,10). The molecule has 3 N–H and O–H groups in total. The normalized spacial score (nSPS) is 10.4. The summed E-state index contributed by atoms with van der Waals surface area (Å²) >= 11 is 0. The van der Waals surface area contributed by atoms with E-state index in [1.165, 1.54) is 5.48 Å². The Hall–Kier alpha value is -0.810. The van der Waals surface area contributed by atoms with Gasteiger partial charge in [0.05, 0.1) is 0 Å². The zero-order chi connectivity index (χ0) is 8.85. The first-order valence-electron chi connectivity index (χ1n) is 3.59. The average Bonchev–Trinajstić information content (AvgIpc) is 1.99. The highest BCUT2D eigenvalue weighted by molar-refractivity contribution is 5.71. The molecule has 0 aromatic carbocycles. The predicted octanol–water partition coefficient (Wildman–Crippen LogP) is 0.320. The molecule has 0 unspecified atom stereocenters. The van der Waals surface area contributed by atoms with Crippen LogP contribution in [0.4, 0.5) is 4.79 Å². The first kappa shape index (κ1) is 10.2. The number of rotatable bonds is 3. The van der Waals surface area contributed by atoms with Crippen molar-refractivity contribution in [1.82, 2.24) is 15.9 Å². The quantitative estimate of drug-likeness (QED) is 0.412. The van der Waals surface area contributed by atoms with Crippen LogP contribution in [0.5, 0.6) is 0 Å². The van der Waals surface area contributed by atoms with Gasteiger partial charge in [-0.3, -0.25) is 10.6 Å². The highest BCUT2D eigenvalue weighted by atomic mass is 16.5. The zero-order valence-corrected chi connectivity index (χ0v) is 7.09. The second-order valence-electron chi connectivity index (χ2n) is 2.43. The highest BCUT2D eigenvalue weighted by Gasteiger charge is 2.08. The van der Waals surface area contributed by atoms with Crippen molar-refractivity contribution < 1.29 is 10.0 Å². The van der Waals surface area contributed by atoms with E-state index < -0.39 is 6.03 Å². The summed E-state index contributed by atoms with van der Waals surface area (Å²) in [4.78, 5) is 10.6. The lowest BCUT2D eigenvalue weighted by molar-refractivity contribution is 0.115. The number of nitrogens with one attached hydrogen (secondary N) is 2. The number of carbonyl (C=O) groups is 1. The second-order valence-corrected chi connectivity index (χ2v) is 2.43. The van der Waals surface area contributed by atoms with Gasteiger partial charge in [-0.2, -0.15) is 0 Å². The monoisotopic (exact) mass is 161 g/mol. The molecule has 0 bridgehead atoms. The molecule has 0 heterocycles. The Labute approximate surface area is 66.3 Å². The number of amides is 2. The Morgan fingerprint density at radius 1 is 1.64 bits per heavy atom. The van der Waals surface area contributed by atoms with Gasteiger partial charge in [0.1, 0.15) is 0 Å². The van der Waals surface area contributed by atoms with Crippen molar-refractivity contribution in [3.63, 3.8) is 0 Å². The Morgan fingerprint density at radius 3 is 2.45 bits per heavy atom. The van der Waals surface area contributed by atoms with Crippen LogP contribution in [0.15, 0.2) is 0 Å². The maximum Gasteiger partial charge on any atom is 0.353 e.